The van der Waals surface area contributed by atoms with E-state index in [-0.39, 0.29) is 5.56 Å². The molecule has 1 atom stereocenters. The van der Waals surface area contributed by atoms with Crippen molar-refractivity contribution < 1.29 is 19.4 Å². The summed E-state index contributed by atoms with van der Waals surface area (Å²) in [4.78, 5) is 21.8. The summed E-state index contributed by atoms with van der Waals surface area (Å²) in [5.74, 6) is -1.89. The van der Waals surface area contributed by atoms with Crippen molar-refractivity contribution in [2.24, 2.45) is 0 Å². The first kappa shape index (κ1) is 12.0. The van der Waals surface area contributed by atoms with Gasteiger partial charge in [0.15, 0.2) is 0 Å². The Morgan fingerprint density at radius 1 is 1.44 bits per heavy atom. The Labute approximate surface area is 93.2 Å². The number of esters is 1. The third-order valence-corrected chi connectivity index (χ3v) is 2.08. The highest BCUT2D eigenvalue weighted by atomic mass is 16.5. The van der Waals surface area contributed by atoms with Gasteiger partial charge in [0.05, 0.1) is 5.97 Å². The Bertz CT molecular complexity index is 423. The zero-order valence-corrected chi connectivity index (χ0v) is 8.80. The average Bonchev–Trinajstić information content (AvgIpc) is 2.28. The van der Waals surface area contributed by atoms with E-state index in [1.54, 1.807) is 25.1 Å². The Morgan fingerprint density at radius 2 is 2.06 bits per heavy atom. The minimum atomic E-state index is -1.29. The van der Waals surface area contributed by atoms with E-state index >= 15 is 0 Å². The topological polar surface area (TPSA) is 66.4 Å². The molecule has 1 unspecified atom stereocenters. The minimum Gasteiger partial charge on any atom is -0.545 e. The smallest absolute Gasteiger partial charge is 0.330 e. The number of benzene rings is 1. The third kappa shape index (κ3) is 2.70. The van der Waals surface area contributed by atoms with E-state index in [2.05, 4.69) is 6.58 Å². The average molecular weight is 219 g/mol. The maximum absolute atomic E-state index is 11.0. The quantitative estimate of drug-likeness (QED) is 0.556. The van der Waals surface area contributed by atoms with Crippen LogP contribution < -0.4 is 5.11 Å². The van der Waals surface area contributed by atoms with Crippen molar-refractivity contribution in [2.45, 2.75) is 13.0 Å². The van der Waals surface area contributed by atoms with Crippen LogP contribution in [0.1, 0.15) is 28.9 Å². The molecule has 1 aromatic rings. The van der Waals surface area contributed by atoms with Crippen molar-refractivity contribution in [3.63, 3.8) is 0 Å². The molecule has 0 aliphatic heterocycles. The number of carboxylic acids is 1. The Balaban J connectivity index is 2.98. The van der Waals surface area contributed by atoms with E-state index < -0.39 is 18.0 Å². The van der Waals surface area contributed by atoms with Crippen molar-refractivity contribution in [3.8, 4) is 0 Å². The predicted molar refractivity (Wildman–Crippen MR) is 55.5 cm³/mol. The molecule has 1 rings (SSSR count). The Morgan fingerprint density at radius 3 is 2.62 bits per heavy atom. The van der Waals surface area contributed by atoms with Gasteiger partial charge in [0.2, 0.25) is 0 Å². The molecule has 0 saturated heterocycles. The van der Waals surface area contributed by atoms with Crippen LogP contribution in [0.3, 0.4) is 0 Å². The molecular weight excluding hydrogens is 208 g/mol. The molecule has 16 heavy (non-hydrogen) atoms. The first-order valence-corrected chi connectivity index (χ1v) is 4.69. The number of carbonyl (C=O) groups excluding carboxylic acids is 2. The number of aromatic carboxylic acids is 1. The number of ether oxygens (including phenoxy) is 1. The van der Waals surface area contributed by atoms with Crippen LogP contribution in [0.25, 0.3) is 0 Å². The van der Waals surface area contributed by atoms with Crippen molar-refractivity contribution in [1.82, 2.24) is 0 Å². The Hall–Kier alpha value is -2.10. The van der Waals surface area contributed by atoms with Crippen molar-refractivity contribution in [3.05, 3.63) is 48.0 Å². The summed E-state index contributed by atoms with van der Waals surface area (Å²) >= 11 is 0. The molecule has 0 radical (unpaired) electrons. The van der Waals surface area contributed by atoms with Crippen LogP contribution in [0.15, 0.2) is 36.9 Å². The lowest BCUT2D eigenvalue weighted by molar-refractivity contribution is -0.255. The van der Waals surface area contributed by atoms with Gasteiger partial charge in [0.1, 0.15) is 6.10 Å². The van der Waals surface area contributed by atoms with E-state index in [1.165, 1.54) is 6.07 Å². The molecule has 84 valence electrons. The summed E-state index contributed by atoms with van der Waals surface area (Å²) in [5.41, 5.74) is 0.421. The fourth-order valence-corrected chi connectivity index (χ4v) is 1.32. The van der Waals surface area contributed by atoms with Gasteiger partial charge in [-0.15, -0.1) is 0 Å². The maximum atomic E-state index is 11.0. The summed E-state index contributed by atoms with van der Waals surface area (Å²) in [7, 11) is 0. The molecule has 0 saturated carbocycles. The second-order valence-corrected chi connectivity index (χ2v) is 3.16. The standard InChI is InChI=1S/C12H12O4/c1-3-11(13)16-8(2)9-6-4-5-7-10(9)12(14)15/h3-8H,1H2,2H3,(H,14,15)/p-1. The zero-order valence-electron chi connectivity index (χ0n) is 8.80. The van der Waals surface area contributed by atoms with Crippen LogP contribution in [0, 0.1) is 0 Å². The van der Waals surface area contributed by atoms with Gasteiger partial charge in [0.25, 0.3) is 0 Å². The van der Waals surface area contributed by atoms with Crippen LogP contribution in [0.2, 0.25) is 0 Å². The number of hydrogen-bond donors (Lipinski definition) is 0. The molecule has 0 N–H and O–H groups in total. The lowest BCUT2D eigenvalue weighted by Gasteiger charge is -2.16. The van der Waals surface area contributed by atoms with Crippen molar-refractivity contribution >= 4 is 11.9 Å². The van der Waals surface area contributed by atoms with E-state index in [4.69, 9.17) is 4.74 Å². The van der Waals surface area contributed by atoms with Crippen LogP contribution in [-0.4, -0.2) is 11.9 Å². The molecule has 0 aliphatic carbocycles. The molecule has 4 heteroatoms. The fourth-order valence-electron chi connectivity index (χ4n) is 1.32. The first-order chi connectivity index (χ1) is 7.56. The summed E-state index contributed by atoms with van der Waals surface area (Å²) in [5, 5.41) is 10.8. The lowest BCUT2D eigenvalue weighted by atomic mass is 10.0. The first-order valence-electron chi connectivity index (χ1n) is 4.69. The Kier molecular flexibility index (Phi) is 3.83. The number of carboxylic acid groups (broad SMARTS) is 1. The number of rotatable bonds is 4. The molecular formula is C12H11O4-. The van der Waals surface area contributed by atoms with Gasteiger partial charge in [-0.3, -0.25) is 0 Å². The highest BCUT2D eigenvalue weighted by Crippen LogP contribution is 2.20. The second-order valence-electron chi connectivity index (χ2n) is 3.16. The van der Waals surface area contributed by atoms with Crippen LogP contribution in [-0.2, 0) is 9.53 Å². The highest BCUT2D eigenvalue weighted by molar-refractivity contribution is 5.88. The van der Waals surface area contributed by atoms with Gasteiger partial charge < -0.3 is 14.6 Å². The lowest BCUT2D eigenvalue weighted by Crippen LogP contribution is -2.24. The third-order valence-electron chi connectivity index (χ3n) is 2.08. The normalized spacial score (nSPS) is 11.6. The summed E-state index contributed by atoms with van der Waals surface area (Å²) < 4.78 is 4.93. The number of hydrogen-bond acceptors (Lipinski definition) is 4. The molecule has 0 aromatic heterocycles. The molecule has 0 spiro atoms. The fraction of sp³-hybridized carbons (Fsp3) is 0.167. The zero-order chi connectivity index (χ0) is 12.1. The summed E-state index contributed by atoms with van der Waals surface area (Å²) in [6, 6.07) is 6.23. The molecule has 0 fully saturated rings. The molecule has 0 aliphatic rings. The van der Waals surface area contributed by atoms with Gasteiger partial charge in [-0.05, 0) is 6.92 Å². The van der Waals surface area contributed by atoms with E-state index in [9.17, 15) is 14.7 Å². The van der Waals surface area contributed by atoms with Crippen LogP contribution in [0.5, 0.6) is 0 Å². The van der Waals surface area contributed by atoms with E-state index in [0.717, 1.165) is 6.08 Å². The predicted octanol–water partition coefficient (Wildman–Crippen LogP) is 0.840. The molecule has 0 amide bonds. The van der Waals surface area contributed by atoms with Gasteiger partial charge in [-0.1, -0.05) is 30.8 Å². The van der Waals surface area contributed by atoms with Gasteiger partial charge >= 0.3 is 5.97 Å². The highest BCUT2D eigenvalue weighted by Gasteiger charge is 2.13. The number of carbonyl (C=O) groups is 2. The molecule has 0 heterocycles. The van der Waals surface area contributed by atoms with E-state index in [0.29, 0.717) is 5.56 Å². The van der Waals surface area contributed by atoms with Gasteiger partial charge in [-0.25, -0.2) is 4.79 Å². The SMILES string of the molecule is C=CC(=O)OC(C)c1ccccc1C(=O)[O-]. The van der Waals surface area contributed by atoms with Gasteiger partial charge in [-0.2, -0.15) is 0 Å². The van der Waals surface area contributed by atoms with Crippen molar-refractivity contribution in [1.29, 1.82) is 0 Å². The van der Waals surface area contributed by atoms with Crippen molar-refractivity contribution in [2.75, 3.05) is 0 Å². The largest absolute Gasteiger partial charge is 0.545 e. The monoisotopic (exact) mass is 219 g/mol. The second kappa shape index (κ2) is 5.11. The molecule has 1 aromatic carbocycles. The van der Waals surface area contributed by atoms with E-state index in [1.807, 2.05) is 0 Å². The summed E-state index contributed by atoms with van der Waals surface area (Å²) in [6.45, 7) is 4.85. The summed E-state index contributed by atoms with van der Waals surface area (Å²) in [6.07, 6.45) is 0.373. The molecule has 0 bridgehead atoms. The van der Waals surface area contributed by atoms with Gasteiger partial charge in [0, 0.05) is 17.2 Å². The minimum absolute atomic E-state index is 0.0202. The molecule has 4 nitrogen and oxygen atoms in total. The van der Waals surface area contributed by atoms with Crippen LogP contribution >= 0.6 is 0 Å². The van der Waals surface area contributed by atoms with Crippen LogP contribution in [0.4, 0.5) is 0 Å². The maximum Gasteiger partial charge on any atom is 0.330 e.